The van der Waals surface area contributed by atoms with E-state index in [1.165, 1.54) is 18.2 Å². The van der Waals surface area contributed by atoms with Crippen molar-refractivity contribution in [3.05, 3.63) is 113 Å². The molecular weight excluding hydrogens is 555 g/mol. The topological polar surface area (TPSA) is 95.1 Å². The third-order valence-corrected chi connectivity index (χ3v) is 6.89. The minimum Gasteiger partial charge on any atom is -0.478 e. The highest BCUT2D eigenvalue weighted by atomic mass is 35.5. The third-order valence-electron chi connectivity index (χ3n) is 6.65. The Morgan fingerprint density at radius 3 is 2.32 bits per heavy atom. The first-order valence-electron chi connectivity index (χ1n) is 12.6. The van der Waals surface area contributed by atoms with E-state index in [-0.39, 0.29) is 17.5 Å². The van der Waals surface area contributed by atoms with Crippen LogP contribution in [0, 0.1) is 0 Å². The quantitative estimate of drug-likeness (QED) is 0.174. The van der Waals surface area contributed by atoms with Gasteiger partial charge >= 0.3 is 12.1 Å². The number of hydrogen-bond donors (Lipinski definition) is 3. The number of nitrogens with one attached hydrogen (secondary N) is 2. The number of halogens is 4. The van der Waals surface area contributed by atoms with Gasteiger partial charge in [0.2, 0.25) is 0 Å². The van der Waals surface area contributed by atoms with Crippen molar-refractivity contribution >= 4 is 34.5 Å². The van der Waals surface area contributed by atoms with Gasteiger partial charge in [0.1, 0.15) is 5.82 Å². The van der Waals surface area contributed by atoms with Crippen LogP contribution in [0.15, 0.2) is 91.0 Å². The summed E-state index contributed by atoms with van der Waals surface area (Å²) < 4.78 is 39.0. The summed E-state index contributed by atoms with van der Waals surface area (Å²) in [6, 6.07) is 24.0. The number of carbonyl (C=O) groups excluding carboxylic acids is 1. The van der Waals surface area contributed by atoms with Gasteiger partial charge in [-0.2, -0.15) is 13.2 Å². The second-order valence-corrected chi connectivity index (χ2v) is 9.89. The normalized spacial score (nSPS) is 12.3. The smallest absolute Gasteiger partial charge is 0.389 e. The van der Waals surface area contributed by atoms with Crippen molar-refractivity contribution in [3.8, 4) is 22.5 Å². The van der Waals surface area contributed by atoms with Crippen LogP contribution in [0.25, 0.3) is 33.5 Å². The van der Waals surface area contributed by atoms with Crippen molar-refractivity contribution in [2.75, 3.05) is 0 Å². The lowest BCUT2D eigenvalue weighted by atomic mass is 9.93. The summed E-state index contributed by atoms with van der Waals surface area (Å²) in [6.07, 6.45) is -5.86. The first-order valence-corrected chi connectivity index (χ1v) is 13.0. The number of carboxylic acid groups (broad SMARTS) is 1. The second-order valence-electron chi connectivity index (χ2n) is 9.45. The number of carboxylic acids is 1. The highest BCUT2D eigenvalue weighted by molar-refractivity contribution is 6.31. The summed E-state index contributed by atoms with van der Waals surface area (Å²) >= 11 is 6.30. The molecule has 0 radical (unpaired) electrons. The molecule has 0 saturated heterocycles. The number of amides is 1. The molecule has 1 aromatic heterocycles. The fraction of sp³-hybridized carbons (Fsp3) is 0.129. The van der Waals surface area contributed by atoms with Crippen LogP contribution < -0.4 is 5.32 Å². The van der Waals surface area contributed by atoms with Crippen molar-refractivity contribution in [2.45, 2.75) is 25.1 Å². The SMILES string of the molecule is O=C(NC(CCC(F)(F)F)c1ccccc1)c1ccc(-c2cc(Cl)ccc2-c2nc3ccccc3[nH]2)c(C(=O)O)c1. The molecule has 0 spiro atoms. The maximum Gasteiger partial charge on any atom is 0.389 e. The number of fused-ring (bicyclic) bond motifs is 1. The Kier molecular flexibility index (Phi) is 7.81. The Morgan fingerprint density at radius 2 is 1.61 bits per heavy atom. The number of aromatic nitrogens is 2. The number of aromatic carboxylic acids is 1. The molecule has 1 heterocycles. The molecule has 208 valence electrons. The zero-order chi connectivity index (χ0) is 29.1. The van der Waals surface area contributed by atoms with Crippen LogP contribution in [0.1, 0.15) is 45.2 Å². The number of H-pyrrole nitrogens is 1. The van der Waals surface area contributed by atoms with Gasteiger partial charge in [-0.15, -0.1) is 0 Å². The van der Waals surface area contributed by atoms with Gasteiger partial charge in [-0.25, -0.2) is 9.78 Å². The number of carbonyl (C=O) groups is 2. The molecule has 5 aromatic rings. The summed E-state index contributed by atoms with van der Waals surface area (Å²) in [5, 5.41) is 13.1. The Bertz CT molecular complexity index is 1700. The summed E-state index contributed by atoms with van der Waals surface area (Å²) in [6.45, 7) is 0. The molecule has 0 aliphatic rings. The summed E-state index contributed by atoms with van der Waals surface area (Å²) in [5.41, 5.74) is 3.23. The predicted octanol–water partition coefficient (Wildman–Crippen LogP) is 8.06. The molecule has 41 heavy (non-hydrogen) atoms. The van der Waals surface area contributed by atoms with Gasteiger partial charge in [0, 0.05) is 22.6 Å². The van der Waals surface area contributed by atoms with E-state index in [9.17, 15) is 27.9 Å². The monoisotopic (exact) mass is 577 g/mol. The lowest BCUT2D eigenvalue weighted by molar-refractivity contribution is -0.136. The molecule has 1 amide bonds. The fourth-order valence-electron chi connectivity index (χ4n) is 4.68. The Balaban J connectivity index is 1.51. The van der Waals surface area contributed by atoms with Gasteiger partial charge in [0.25, 0.3) is 5.91 Å². The second kappa shape index (κ2) is 11.5. The number of rotatable bonds is 8. The van der Waals surface area contributed by atoms with Crippen LogP contribution in [0.4, 0.5) is 13.2 Å². The molecule has 10 heteroatoms. The molecule has 1 unspecified atom stereocenters. The molecular formula is C31H23ClF3N3O3. The zero-order valence-electron chi connectivity index (χ0n) is 21.4. The number of imidazole rings is 1. The van der Waals surface area contributed by atoms with Crippen LogP contribution in [-0.4, -0.2) is 33.1 Å². The van der Waals surface area contributed by atoms with Gasteiger partial charge in [0.15, 0.2) is 0 Å². The van der Waals surface area contributed by atoms with Crippen molar-refractivity contribution in [1.29, 1.82) is 0 Å². The Morgan fingerprint density at radius 1 is 0.902 bits per heavy atom. The molecule has 6 nitrogen and oxygen atoms in total. The molecule has 0 bridgehead atoms. The minimum atomic E-state index is -4.40. The van der Waals surface area contributed by atoms with Crippen molar-refractivity contribution < 1.29 is 27.9 Å². The molecule has 3 N–H and O–H groups in total. The maximum atomic E-state index is 13.2. The molecule has 0 aliphatic carbocycles. The lowest BCUT2D eigenvalue weighted by Crippen LogP contribution is -2.29. The van der Waals surface area contributed by atoms with Crippen molar-refractivity contribution in [2.24, 2.45) is 0 Å². The average Bonchev–Trinajstić information content (AvgIpc) is 3.39. The van der Waals surface area contributed by atoms with E-state index in [0.29, 0.717) is 33.1 Å². The molecule has 0 fully saturated rings. The molecule has 1 atom stereocenters. The van der Waals surface area contributed by atoms with Gasteiger partial charge in [-0.3, -0.25) is 4.79 Å². The van der Waals surface area contributed by atoms with Crippen molar-refractivity contribution in [3.63, 3.8) is 0 Å². The van der Waals surface area contributed by atoms with Gasteiger partial charge in [0.05, 0.1) is 22.6 Å². The van der Waals surface area contributed by atoms with Gasteiger partial charge in [-0.05, 0) is 65.6 Å². The fourth-order valence-corrected chi connectivity index (χ4v) is 4.85. The largest absolute Gasteiger partial charge is 0.478 e. The van der Waals surface area contributed by atoms with Crippen LogP contribution in [0.5, 0.6) is 0 Å². The number of para-hydroxylation sites is 2. The van der Waals surface area contributed by atoms with Crippen LogP contribution in [-0.2, 0) is 0 Å². The van der Waals surface area contributed by atoms with E-state index < -0.39 is 30.5 Å². The number of nitrogens with zero attached hydrogens (tertiary/aromatic N) is 1. The zero-order valence-corrected chi connectivity index (χ0v) is 22.1. The van der Waals surface area contributed by atoms with Gasteiger partial charge in [-0.1, -0.05) is 60.1 Å². The number of benzene rings is 4. The average molecular weight is 578 g/mol. The highest BCUT2D eigenvalue weighted by Crippen LogP contribution is 2.36. The van der Waals surface area contributed by atoms with Gasteiger partial charge < -0.3 is 15.4 Å². The Labute approximate surface area is 237 Å². The first-order chi connectivity index (χ1) is 19.6. The number of aromatic amines is 1. The summed E-state index contributed by atoms with van der Waals surface area (Å²) in [5.74, 6) is -1.48. The Hall–Kier alpha value is -4.63. The maximum absolute atomic E-state index is 13.2. The van der Waals surface area contributed by atoms with Crippen LogP contribution in [0.3, 0.4) is 0 Å². The van der Waals surface area contributed by atoms with E-state index in [1.54, 1.807) is 48.5 Å². The van der Waals surface area contributed by atoms with E-state index in [1.807, 2.05) is 24.3 Å². The standard InChI is InChI=1S/C31H23ClF3N3O3/c32-20-11-13-22(28-36-26-8-4-5-9-27(26)37-28)23(17-20)21-12-10-19(16-24(21)30(40)41)29(39)38-25(14-15-31(33,34)35)18-6-2-1-3-7-18/h1-13,16-17,25H,14-15H2,(H,36,37)(H,38,39)(H,40,41). The molecule has 0 aliphatic heterocycles. The number of hydrogen-bond acceptors (Lipinski definition) is 3. The third kappa shape index (κ3) is 6.41. The number of alkyl halides is 3. The molecule has 4 aromatic carbocycles. The first kappa shape index (κ1) is 27.9. The summed E-state index contributed by atoms with van der Waals surface area (Å²) in [7, 11) is 0. The van der Waals surface area contributed by atoms with Crippen LogP contribution >= 0.6 is 11.6 Å². The highest BCUT2D eigenvalue weighted by Gasteiger charge is 2.29. The minimum absolute atomic E-state index is 0.00796. The van der Waals surface area contributed by atoms with Crippen molar-refractivity contribution in [1.82, 2.24) is 15.3 Å². The van der Waals surface area contributed by atoms with E-state index in [4.69, 9.17) is 11.6 Å². The van der Waals surface area contributed by atoms with E-state index in [0.717, 1.165) is 11.0 Å². The molecule has 5 rings (SSSR count). The lowest BCUT2D eigenvalue weighted by Gasteiger charge is -2.20. The predicted molar refractivity (Wildman–Crippen MR) is 151 cm³/mol. The van der Waals surface area contributed by atoms with E-state index >= 15 is 0 Å². The van der Waals surface area contributed by atoms with Crippen LogP contribution in [0.2, 0.25) is 5.02 Å². The molecule has 0 saturated carbocycles. The summed E-state index contributed by atoms with van der Waals surface area (Å²) in [4.78, 5) is 33.4. The van der Waals surface area contributed by atoms with E-state index in [2.05, 4.69) is 15.3 Å².